The van der Waals surface area contributed by atoms with Crippen molar-refractivity contribution in [3.8, 4) is 0 Å². The fraction of sp³-hybridized carbons (Fsp3) is 0.857. The number of carbonyl (C=O) groups is 1. The number of hydrogen-bond acceptors (Lipinski definition) is 4. The molecule has 70 valence electrons. The standard InChI is InChI=1S/C7H14N2O3/c1-12-7(11)9-3-5(4-9)6(10)2-8/h5-6,10H,2-4,8H2,1H3. The highest BCUT2D eigenvalue weighted by Crippen LogP contribution is 2.19. The average molecular weight is 174 g/mol. The zero-order valence-corrected chi connectivity index (χ0v) is 7.06. The largest absolute Gasteiger partial charge is 0.453 e. The lowest BCUT2D eigenvalue weighted by molar-refractivity contribution is 0.00333. The van der Waals surface area contributed by atoms with Crippen molar-refractivity contribution < 1.29 is 14.6 Å². The predicted molar refractivity (Wildman–Crippen MR) is 42.5 cm³/mol. The number of rotatable bonds is 2. The molecule has 5 nitrogen and oxygen atoms in total. The van der Waals surface area contributed by atoms with E-state index in [9.17, 15) is 9.90 Å². The van der Waals surface area contributed by atoms with Crippen LogP contribution in [0.2, 0.25) is 0 Å². The van der Waals surface area contributed by atoms with Crippen molar-refractivity contribution in [2.24, 2.45) is 11.7 Å². The van der Waals surface area contributed by atoms with Gasteiger partial charge in [-0.3, -0.25) is 0 Å². The van der Waals surface area contributed by atoms with Crippen LogP contribution in [-0.4, -0.2) is 48.9 Å². The van der Waals surface area contributed by atoms with Crippen molar-refractivity contribution in [3.63, 3.8) is 0 Å². The van der Waals surface area contributed by atoms with Gasteiger partial charge in [-0.2, -0.15) is 0 Å². The van der Waals surface area contributed by atoms with Gasteiger partial charge in [0.1, 0.15) is 0 Å². The summed E-state index contributed by atoms with van der Waals surface area (Å²) in [7, 11) is 1.34. The molecule has 1 aliphatic heterocycles. The molecule has 0 aromatic heterocycles. The first-order chi connectivity index (χ1) is 5.69. The minimum Gasteiger partial charge on any atom is -0.453 e. The predicted octanol–water partition coefficient (Wildman–Crippen LogP) is -0.996. The molecule has 3 N–H and O–H groups in total. The Labute approximate surface area is 71.1 Å². The van der Waals surface area contributed by atoms with E-state index in [1.165, 1.54) is 12.0 Å². The monoisotopic (exact) mass is 174 g/mol. The summed E-state index contributed by atoms with van der Waals surface area (Å²) in [4.78, 5) is 12.4. The van der Waals surface area contributed by atoms with Crippen LogP contribution in [0.3, 0.4) is 0 Å². The summed E-state index contributed by atoms with van der Waals surface area (Å²) in [6, 6.07) is 0. The zero-order valence-electron chi connectivity index (χ0n) is 7.06. The van der Waals surface area contributed by atoms with Gasteiger partial charge in [0.25, 0.3) is 0 Å². The Morgan fingerprint density at radius 3 is 2.83 bits per heavy atom. The average Bonchev–Trinajstić information content (AvgIpc) is 2.01. The van der Waals surface area contributed by atoms with E-state index in [1.807, 2.05) is 0 Å². The summed E-state index contributed by atoms with van der Waals surface area (Å²) in [5, 5.41) is 9.25. The van der Waals surface area contributed by atoms with E-state index in [4.69, 9.17) is 5.73 Å². The maximum Gasteiger partial charge on any atom is 0.409 e. The number of likely N-dealkylation sites (tertiary alicyclic amines) is 1. The van der Waals surface area contributed by atoms with Crippen molar-refractivity contribution in [2.75, 3.05) is 26.7 Å². The second kappa shape index (κ2) is 3.73. The van der Waals surface area contributed by atoms with E-state index in [1.54, 1.807) is 0 Å². The Bertz CT molecular complexity index is 168. The lowest BCUT2D eigenvalue weighted by atomic mass is 9.94. The van der Waals surface area contributed by atoms with E-state index in [0.29, 0.717) is 13.1 Å². The Balaban J connectivity index is 2.23. The third-order valence-electron chi connectivity index (χ3n) is 2.13. The molecule has 0 saturated carbocycles. The summed E-state index contributed by atoms with van der Waals surface area (Å²) in [5.74, 6) is 0.120. The van der Waals surface area contributed by atoms with Gasteiger partial charge in [-0.1, -0.05) is 0 Å². The van der Waals surface area contributed by atoms with Crippen LogP contribution < -0.4 is 5.73 Å². The van der Waals surface area contributed by atoms with E-state index in [0.717, 1.165) is 0 Å². The molecule has 1 aliphatic rings. The molecule has 1 rings (SSSR count). The van der Waals surface area contributed by atoms with Gasteiger partial charge in [0.15, 0.2) is 0 Å². The zero-order chi connectivity index (χ0) is 9.14. The van der Waals surface area contributed by atoms with Crippen LogP contribution in [0.1, 0.15) is 0 Å². The molecule has 1 saturated heterocycles. The fourth-order valence-electron chi connectivity index (χ4n) is 1.23. The number of methoxy groups -OCH3 is 1. The lowest BCUT2D eigenvalue weighted by Gasteiger charge is -2.40. The quantitative estimate of drug-likeness (QED) is 0.563. The molecule has 0 radical (unpaired) electrons. The van der Waals surface area contributed by atoms with Crippen molar-refractivity contribution in [2.45, 2.75) is 6.10 Å². The van der Waals surface area contributed by atoms with E-state index in [2.05, 4.69) is 4.74 Å². The number of amides is 1. The number of ether oxygens (including phenoxy) is 1. The molecule has 12 heavy (non-hydrogen) atoms. The first-order valence-corrected chi connectivity index (χ1v) is 3.90. The van der Waals surface area contributed by atoms with Gasteiger partial charge in [0.05, 0.1) is 13.2 Å². The summed E-state index contributed by atoms with van der Waals surface area (Å²) in [5.41, 5.74) is 5.25. The second-order valence-electron chi connectivity index (χ2n) is 2.94. The first kappa shape index (κ1) is 9.28. The molecule has 0 bridgehead atoms. The van der Waals surface area contributed by atoms with Gasteiger partial charge in [-0.05, 0) is 0 Å². The number of aliphatic hydroxyl groups excluding tert-OH is 1. The van der Waals surface area contributed by atoms with Gasteiger partial charge in [-0.25, -0.2) is 4.79 Å². The minimum atomic E-state index is -0.495. The van der Waals surface area contributed by atoms with Crippen LogP contribution in [0.25, 0.3) is 0 Å². The Morgan fingerprint density at radius 2 is 2.42 bits per heavy atom. The highest BCUT2D eigenvalue weighted by atomic mass is 16.5. The van der Waals surface area contributed by atoms with Crippen LogP contribution in [0.15, 0.2) is 0 Å². The fourth-order valence-corrected chi connectivity index (χ4v) is 1.23. The molecule has 0 aromatic rings. The molecule has 1 heterocycles. The van der Waals surface area contributed by atoms with E-state index in [-0.39, 0.29) is 18.6 Å². The number of aliphatic hydroxyl groups is 1. The van der Waals surface area contributed by atoms with Gasteiger partial charge in [0, 0.05) is 25.6 Å². The summed E-state index contributed by atoms with van der Waals surface area (Å²) in [6.07, 6.45) is -0.832. The van der Waals surface area contributed by atoms with Gasteiger partial charge < -0.3 is 20.5 Å². The Hall–Kier alpha value is -0.810. The smallest absolute Gasteiger partial charge is 0.409 e. The van der Waals surface area contributed by atoms with Crippen LogP contribution in [-0.2, 0) is 4.74 Å². The molecule has 1 unspecified atom stereocenters. The maximum absolute atomic E-state index is 10.8. The molecule has 1 atom stereocenters. The Kier molecular flexibility index (Phi) is 2.88. The maximum atomic E-state index is 10.8. The normalized spacial score (nSPS) is 20.1. The molecule has 1 amide bonds. The SMILES string of the molecule is COC(=O)N1CC(C(O)CN)C1. The highest BCUT2D eigenvalue weighted by molar-refractivity contribution is 5.68. The van der Waals surface area contributed by atoms with Crippen LogP contribution >= 0.6 is 0 Å². The van der Waals surface area contributed by atoms with Crippen LogP contribution in [0.4, 0.5) is 4.79 Å². The van der Waals surface area contributed by atoms with Crippen molar-refractivity contribution >= 4 is 6.09 Å². The van der Waals surface area contributed by atoms with E-state index < -0.39 is 6.10 Å². The third-order valence-corrected chi connectivity index (χ3v) is 2.13. The summed E-state index contributed by atoms with van der Waals surface area (Å²) in [6.45, 7) is 1.34. The lowest BCUT2D eigenvalue weighted by Crippen LogP contribution is -2.55. The number of hydrogen-bond donors (Lipinski definition) is 2. The number of nitrogens with two attached hydrogens (primary N) is 1. The van der Waals surface area contributed by atoms with Gasteiger partial charge >= 0.3 is 6.09 Å². The molecule has 0 aliphatic carbocycles. The van der Waals surface area contributed by atoms with Crippen molar-refractivity contribution in [1.82, 2.24) is 4.90 Å². The second-order valence-corrected chi connectivity index (χ2v) is 2.94. The number of carbonyl (C=O) groups excluding carboxylic acids is 1. The van der Waals surface area contributed by atoms with E-state index >= 15 is 0 Å². The first-order valence-electron chi connectivity index (χ1n) is 3.90. The van der Waals surface area contributed by atoms with Gasteiger partial charge in [0.2, 0.25) is 0 Å². The van der Waals surface area contributed by atoms with Crippen molar-refractivity contribution in [3.05, 3.63) is 0 Å². The molecular formula is C7H14N2O3. The molecule has 0 aromatic carbocycles. The van der Waals surface area contributed by atoms with Gasteiger partial charge in [-0.15, -0.1) is 0 Å². The van der Waals surface area contributed by atoms with Crippen LogP contribution in [0, 0.1) is 5.92 Å². The molecule has 1 fully saturated rings. The minimum absolute atomic E-state index is 0.120. The molecule has 5 heteroatoms. The third kappa shape index (κ3) is 1.67. The Morgan fingerprint density at radius 1 is 1.83 bits per heavy atom. The van der Waals surface area contributed by atoms with Crippen molar-refractivity contribution in [1.29, 1.82) is 0 Å². The van der Waals surface area contributed by atoms with Crippen LogP contribution in [0.5, 0.6) is 0 Å². The molecular weight excluding hydrogens is 160 g/mol. The summed E-state index contributed by atoms with van der Waals surface area (Å²) < 4.78 is 4.49. The summed E-state index contributed by atoms with van der Waals surface area (Å²) >= 11 is 0. The number of nitrogens with zero attached hydrogens (tertiary/aromatic N) is 1. The molecule has 0 spiro atoms. The highest BCUT2D eigenvalue weighted by Gasteiger charge is 2.35. The topological polar surface area (TPSA) is 75.8 Å².